The Kier molecular flexibility index (Phi) is 9.49. The van der Waals surface area contributed by atoms with Crippen LogP contribution in [0.3, 0.4) is 0 Å². The number of benzene rings is 2. The van der Waals surface area contributed by atoms with Crippen molar-refractivity contribution in [3.05, 3.63) is 65.1 Å². The van der Waals surface area contributed by atoms with Crippen molar-refractivity contribution in [2.45, 2.75) is 44.8 Å². The summed E-state index contributed by atoms with van der Waals surface area (Å²) in [5.41, 5.74) is 1.13. The number of hydrogen-bond acceptors (Lipinski definition) is 7. The molecule has 0 aliphatic carbocycles. The lowest BCUT2D eigenvalue weighted by Gasteiger charge is -2.41. The number of halogens is 3. The van der Waals surface area contributed by atoms with Crippen molar-refractivity contribution >= 4 is 16.9 Å². The number of hydrogen-bond donors (Lipinski definition) is 3. The Balaban J connectivity index is 1.41. The second kappa shape index (κ2) is 12.8. The number of carboxylic acid groups (broad SMARTS) is 1. The summed E-state index contributed by atoms with van der Waals surface area (Å²) in [6, 6.07) is 6.54. The molecule has 1 aliphatic heterocycles. The first-order valence-electron chi connectivity index (χ1n) is 13.1. The van der Waals surface area contributed by atoms with Crippen molar-refractivity contribution < 1.29 is 42.8 Å². The van der Waals surface area contributed by atoms with Gasteiger partial charge >= 0.3 is 5.97 Å². The molecule has 1 saturated heterocycles. The van der Waals surface area contributed by atoms with Crippen molar-refractivity contribution in [1.29, 1.82) is 0 Å². The van der Waals surface area contributed by atoms with Gasteiger partial charge in [0, 0.05) is 35.8 Å². The fourth-order valence-electron chi connectivity index (χ4n) is 5.48. The lowest BCUT2D eigenvalue weighted by atomic mass is 9.71. The summed E-state index contributed by atoms with van der Waals surface area (Å²) in [7, 11) is 1.54. The lowest BCUT2D eigenvalue weighted by Crippen LogP contribution is -2.42. The van der Waals surface area contributed by atoms with Crippen LogP contribution in [-0.2, 0) is 11.4 Å². The van der Waals surface area contributed by atoms with Crippen molar-refractivity contribution in [1.82, 2.24) is 9.88 Å². The quantitative estimate of drug-likeness (QED) is 0.275. The predicted octanol–water partition coefficient (Wildman–Crippen LogP) is 4.60. The van der Waals surface area contributed by atoms with Crippen molar-refractivity contribution in [2.75, 3.05) is 33.4 Å². The number of rotatable bonds is 12. The molecule has 8 nitrogen and oxygen atoms in total. The number of ether oxygens (including phenoxy) is 2. The number of carbonyl (C=O) groups is 1. The van der Waals surface area contributed by atoms with Crippen LogP contribution >= 0.6 is 0 Å². The molecule has 4 rings (SSSR count). The molecule has 11 heteroatoms. The summed E-state index contributed by atoms with van der Waals surface area (Å²) < 4.78 is 51.2. The van der Waals surface area contributed by atoms with Crippen molar-refractivity contribution in [2.24, 2.45) is 5.41 Å². The average Bonchev–Trinajstić information content (AvgIpc) is 2.94. The van der Waals surface area contributed by atoms with Gasteiger partial charge < -0.3 is 24.8 Å². The van der Waals surface area contributed by atoms with E-state index >= 15 is 0 Å². The topological polar surface area (TPSA) is 112 Å². The second-order valence-electron chi connectivity index (χ2n) is 10.3. The molecular formula is C29H33F3N2O6. The van der Waals surface area contributed by atoms with Gasteiger partial charge in [0.1, 0.15) is 18.2 Å². The third-order valence-corrected chi connectivity index (χ3v) is 7.72. The summed E-state index contributed by atoms with van der Waals surface area (Å²) in [5.74, 6) is -4.33. The molecule has 3 N–H and O–H groups in total. The van der Waals surface area contributed by atoms with Gasteiger partial charge in [0.2, 0.25) is 5.82 Å². The molecule has 216 valence electrons. The first-order valence-corrected chi connectivity index (χ1v) is 13.1. The van der Waals surface area contributed by atoms with Gasteiger partial charge in [0.15, 0.2) is 11.6 Å². The minimum atomic E-state index is -1.32. The van der Waals surface area contributed by atoms with E-state index in [1.807, 2.05) is 4.90 Å². The van der Waals surface area contributed by atoms with Gasteiger partial charge in [-0.2, -0.15) is 4.39 Å². The van der Waals surface area contributed by atoms with Crippen LogP contribution in [0.5, 0.6) is 11.5 Å². The molecule has 2 aromatic carbocycles. The maximum absolute atomic E-state index is 13.8. The summed E-state index contributed by atoms with van der Waals surface area (Å²) >= 11 is 0. The third-order valence-electron chi connectivity index (χ3n) is 7.72. The molecule has 1 aliphatic rings. The number of piperidine rings is 1. The van der Waals surface area contributed by atoms with Crippen LogP contribution in [0.15, 0.2) is 36.5 Å². The molecule has 0 saturated carbocycles. The SMILES string of the molecule is COc1ccc2ncc(CO)c([C@@H](O)CCC3(CC(=O)O)CCN(CCOc4cc(F)cc(F)c4F)CC3)c2c1. The zero-order chi connectivity index (χ0) is 28.9. The molecule has 40 heavy (non-hydrogen) atoms. The minimum Gasteiger partial charge on any atom is -0.497 e. The summed E-state index contributed by atoms with van der Waals surface area (Å²) in [6.45, 7) is 1.16. The fourth-order valence-corrected chi connectivity index (χ4v) is 5.48. The first-order chi connectivity index (χ1) is 19.1. The van der Waals surface area contributed by atoms with E-state index < -0.39 is 40.7 Å². The number of carboxylic acids is 1. The standard InChI is InChI=1S/C29H33F3N2O6/c1-39-20-2-3-23-21(14-20)27(18(17-35)16-33-23)24(36)4-5-29(15-26(37)38)6-8-34(9-7-29)10-11-40-25-13-19(30)12-22(31)28(25)32/h2-3,12-14,16,24,35-36H,4-11,15,17H2,1H3,(H,37,38)/t24-/m0/s1. The molecule has 1 aromatic heterocycles. The molecule has 1 atom stereocenters. The summed E-state index contributed by atoms with van der Waals surface area (Å²) in [5, 5.41) is 31.5. The van der Waals surface area contributed by atoms with E-state index in [1.165, 1.54) is 13.3 Å². The molecule has 3 aromatic rings. The molecule has 0 spiro atoms. The highest BCUT2D eigenvalue weighted by Gasteiger charge is 2.37. The number of nitrogens with zero attached hydrogens (tertiary/aromatic N) is 2. The van der Waals surface area contributed by atoms with Gasteiger partial charge in [-0.15, -0.1) is 0 Å². The molecule has 2 heterocycles. The van der Waals surface area contributed by atoms with E-state index in [9.17, 15) is 33.3 Å². The predicted molar refractivity (Wildman–Crippen MR) is 141 cm³/mol. The van der Waals surface area contributed by atoms with E-state index in [-0.39, 0.29) is 26.1 Å². The van der Waals surface area contributed by atoms with Crippen LogP contribution in [-0.4, -0.2) is 64.5 Å². The number of aromatic nitrogens is 1. The number of methoxy groups -OCH3 is 1. The van der Waals surface area contributed by atoms with Crippen LogP contribution in [0.4, 0.5) is 13.2 Å². The Labute approximate surface area is 230 Å². The molecular weight excluding hydrogens is 529 g/mol. The zero-order valence-electron chi connectivity index (χ0n) is 22.2. The van der Waals surface area contributed by atoms with E-state index in [0.29, 0.717) is 72.7 Å². The number of pyridine rings is 1. The van der Waals surface area contributed by atoms with Crippen molar-refractivity contribution in [3.8, 4) is 11.5 Å². The maximum atomic E-state index is 13.8. The molecule has 0 bridgehead atoms. The number of aliphatic hydroxyl groups excluding tert-OH is 2. The highest BCUT2D eigenvalue weighted by molar-refractivity contribution is 5.85. The van der Waals surface area contributed by atoms with Crippen LogP contribution in [0.2, 0.25) is 0 Å². The van der Waals surface area contributed by atoms with Gasteiger partial charge in [-0.25, -0.2) is 8.78 Å². The first kappa shape index (κ1) is 29.6. The smallest absolute Gasteiger partial charge is 0.303 e. The van der Waals surface area contributed by atoms with E-state index in [0.717, 1.165) is 6.07 Å². The average molecular weight is 563 g/mol. The number of likely N-dealkylation sites (tertiary alicyclic amines) is 1. The number of aliphatic hydroxyl groups is 2. The fraction of sp³-hybridized carbons (Fsp3) is 0.448. The molecule has 0 radical (unpaired) electrons. The number of fused-ring (bicyclic) bond motifs is 1. The van der Waals surface area contributed by atoms with Crippen LogP contribution in [0.1, 0.15) is 49.3 Å². The largest absolute Gasteiger partial charge is 0.497 e. The Hall–Kier alpha value is -3.41. The van der Waals surface area contributed by atoms with Crippen LogP contribution in [0, 0.1) is 22.9 Å². The molecule has 1 fully saturated rings. The minimum absolute atomic E-state index is 0.00692. The second-order valence-corrected chi connectivity index (χ2v) is 10.3. The lowest BCUT2D eigenvalue weighted by molar-refractivity contribution is -0.141. The Morgan fingerprint density at radius 1 is 1.18 bits per heavy atom. The normalized spacial score (nSPS) is 16.1. The van der Waals surface area contributed by atoms with E-state index in [4.69, 9.17) is 9.47 Å². The number of aliphatic carboxylic acids is 1. The molecule has 0 unspecified atom stereocenters. The Bertz CT molecular complexity index is 1340. The molecule has 0 amide bonds. The van der Waals surface area contributed by atoms with Gasteiger partial charge in [-0.1, -0.05) is 0 Å². The van der Waals surface area contributed by atoms with Gasteiger partial charge in [-0.05, 0) is 68.0 Å². The highest BCUT2D eigenvalue weighted by atomic mass is 19.2. The van der Waals surface area contributed by atoms with E-state index in [2.05, 4.69) is 4.98 Å². The van der Waals surface area contributed by atoms with Gasteiger partial charge in [0.05, 0.1) is 31.8 Å². The Morgan fingerprint density at radius 3 is 2.60 bits per heavy atom. The van der Waals surface area contributed by atoms with Crippen LogP contribution < -0.4 is 9.47 Å². The van der Waals surface area contributed by atoms with Crippen LogP contribution in [0.25, 0.3) is 10.9 Å². The van der Waals surface area contributed by atoms with E-state index in [1.54, 1.807) is 18.2 Å². The highest BCUT2D eigenvalue weighted by Crippen LogP contribution is 2.42. The summed E-state index contributed by atoms with van der Waals surface area (Å²) in [4.78, 5) is 18.2. The zero-order valence-corrected chi connectivity index (χ0v) is 22.2. The maximum Gasteiger partial charge on any atom is 0.303 e. The monoisotopic (exact) mass is 562 g/mol. The third kappa shape index (κ3) is 6.83. The summed E-state index contributed by atoms with van der Waals surface area (Å²) in [6.07, 6.45) is 2.33. The Morgan fingerprint density at radius 2 is 1.93 bits per heavy atom. The van der Waals surface area contributed by atoms with Gasteiger partial charge in [0.25, 0.3) is 0 Å². The van der Waals surface area contributed by atoms with Gasteiger partial charge in [-0.3, -0.25) is 14.7 Å². The van der Waals surface area contributed by atoms with Crippen molar-refractivity contribution in [3.63, 3.8) is 0 Å².